The second-order valence-corrected chi connectivity index (χ2v) is 4.91. The summed E-state index contributed by atoms with van der Waals surface area (Å²) in [7, 11) is 0. The van der Waals surface area contributed by atoms with Crippen molar-refractivity contribution in [3.8, 4) is 0 Å². The largest absolute Gasteiger partial charge is 0.399 e. The van der Waals surface area contributed by atoms with Gasteiger partial charge in [0.05, 0.1) is 5.69 Å². The first-order valence-corrected chi connectivity index (χ1v) is 6.15. The quantitative estimate of drug-likeness (QED) is 0.630. The lowest BCUT2D eigenvalue weighted by Crippen LogP contribution is -1.98. The summed E-state index contributed by atoms with van der Waals surface area (Å²) in [5.41, 5.74) is 6.92. The lowest BCUT2D eigenvalue weighted by molar-refractivity contribution is 0.627. The van der Waals surface area contributed by atoms with E-state index in [1.165, 1.54) is 12.1 Å². The molecule has 3 N–H and O–H groups in total. The zero-order valence-corrected chi connectivity index (χ0v) is 11.5. The molecule has 0 fully saturated rings. The Morgan fingerprint density at radius 1 is 1.29 bits per heavy atom. The van der Waals surface area contributed by atoms with E-state index in [1.807, 2.05) is 22.6 Å². The zero-order valence-electron chi connectivity index (χ0n) is 8.55. The molecule has 6 heteroatoms. The predicted octanol–water partition coefficient (Wildman–Crippen LogP) is 3.80. The number of pyridine rings is 1. The van der Waals surface area contributed by atoms with Crippen LogP contribution in [-0.4, -0.2) is 4.98 Å². The molecule has 0 saturated heterocycles. The van der Waals surface area contributed by atoms with Gasteiger partial charge in [-0.25, -0.2) is 9.37 Å². The van der Waals surface area contributed by atoms with E-state index in [2.05, 4.69) is 10.3 Å². The Hall–Kier alpha value is -1.08. The van der Waals surface area contributed by atoms with Crippen LogP contribution in [0, 0.1) is 9.39 Å². The number of hydrogen-bond acceptors (Lipinski definition) is 3. The van der Waals surface area contributed by atoms with Crippen molar-refractivity contribution in [3.63, 3.8) is 0 Å². The average molecular weight is 364 g/mol. The maximum absolute atomic E-state index is 12.9. The highest BCUT2D eigenvalue weighted by molar-refractivity contribution is 14.1. The molecule has 2 rings (SSSR count). The van der Waals surface area contributed by atoms with Gasteiger partial charge in [-0.2, -0.15) is 0 Å². The first-order chi connectivity index (χ1) is 8.04. The highest BCUT2D eigenvalue weighted by Gasteiger charge is 2.04. The predicted molar refractivity (Wildman–Crippen MR) is 76.1 cm³/mol. The molecule has 0 radical (unpaired) electrons. The fraction of sp³-hybridized carbons (Fsp3) is 0. The van der Waals surface area contributed by atoms with Crippen molar-refractivity contribution in [3.05, 3.63) is 44.9 Å². The van der Waals surface area contributed by atoms with Gasteiger partial charge in [0.2, 0.25) is 0 Å². The van der Waals surface area contributed by atoms with Crippen molar-refractivity contribution in [1.82, 2.24) is 4.98 Å². The zero-order chi connectivity index (χ0) is 12.4. The maximum atomic E-state index is 12.9. The number of halogens is 3. The summed E-state index contributed by atoms with van der Waals surface area (Å²) in [6, 6.07) is 7.65. The van der Waals surface area contributed by atoms with Crippen molar-refractivity contribution in [2.45, 2.75) is 0 Å². The van der Waals surface area contributed by atoms with Crippen LogP contribution in [0.25, 0.3) is 0 Å². The molecule has 1 aromatic carbocycles. The molecule has 88 valence electrons. The summed E-state index contributed by atoms with van der Waals surface area (Å²) in [6.45, 7) is 0. The van der Waals surface area contributed by atoms with Crippen LogP contribution >= 0.6 is 34.2 Å². The molecule has 0 bridgehead atoms. The number of aromatic nitrogens is 1. The number of benzene rings is 1. The molecule has 0 spiro atoms. The van der Waals surface area contributed by atoms with Crippen LogP contribution in [0.3, 0.4) is 0 Å². The molecule has 0 atom stereocenters. The number of nitrogens with zero attached hydrogens (tertiary/aromatic N) is 1. The van der Waals surface area contributed by atoms with Gasteiger partial charge >= 0.3 is 0 Å². The molecule has 2 aromatic rings. The van der Waals surface area contributed by atoms with Gasteiger partial charge in [0, 0.05) is 15.3 Å². The van der Waals surface area contributed by atoms with Crippen LogP contribution in [0.1, 0.15) is 0 Å². The fourth-order valence-corrected chi connectivity index (χ4v) is 2.14. The van der Waals surface area contributed by atoms with Crippen molar-refractivity contribution >= 4 is 51.4 Å². The number of rotatable bonds is 2. The fourth-order valence-electron chi connectivity index (χ4n) is 1.31. The summed E-state index contributed by atoms with van der Waals surface area (Å²) in [4.78, 5) is 4.07. The molecule has 0 aliphatic carbocycles. The summed E-state index contributed by atoms with van der Waals surface area (Å²) in [5.74, 6) is 0.248. The van der Waals surface area contributed by atoms with E-state index in [0.29, 0.717) is 16.7 Å². The Labute approximate surface area is 116 Å². The molecule has 1 aromatic heterocycles. The second kappa shape index (κ2) is 5.05. The third kappa shape index (κ3) is 3.19. The summed E-state index contributed by atoms with van der Waals surface area (Å²) >= 11 is 7.82. The van der Waals surface area contributed by atoms with Crippen LogP contribution in [0.4, 0.5) is 21.6 Å². The molecule has 3 nitrogen and oxygen atoms in total. The van der Waals surface area contributed by atoms with Gasteiger partial charge in [-0.3, -0.25) is 0 Å². The third-order valence-electron chi connectivity index (χ3n) is 2.01. The summed E-state index contributed by atoms with van der Waals surface area (Å²) in [5, 5.41) is 3.34. The normalized spacial score (nSPS) is 10.3. The molecule has 0 amide bonds. The first kappa shape index (κ1) is 12.4. The number of hydrogen-bond donors (Lipinski definition) is 2. The molecule has 17 heavy (non-hydrogen) atoms. The van der Waals surface area contributed by atoms with E-state index >= 15 is 0 Å². The SMILES string of the molecule is Nc1cc(Cl)nc(Nc2ccc(F)cc2I)c1. The molecular formula is C11H8ClFIN3. The summed E-state index contributed by atoms with van der Waals surface area (Å²) in [6.07, 6.45) is 0. The average Bonchev–Trinajstić information content (AvgIpc) is 2.21. The van der Waals surface area contributed by atoms with E-state index in [4.69, 9.17) is 17.3 Å². The van der Waals surface area contributed by atoms with Crippen molar-refractivity contribution < 1.29 is 4.39 Å². The molecule has 0 unspecified atom stereocenters. The van der Waals surface area contributed by atoms with Gasteiger partial charge in [0.1, 0.15) is 16.8 Å². The van der Waals surface area contributed by atoms with Gasteiger partial charge in [-0.1, -0.05) is 11.6 Å². The van der Waals surface area contributed by atoms with Crippen LogP contribution < -0.4 is 11.1 Å². The number of nitrogen functional groups attached to an aromatic ring is 1. The second-order valence-electron chi connectivity index (χ2n) is 3.36. The number of nitrogens with one attached hydrogen (secondary N) is 1. The third-order valence-corrected chi connectivity index (χ3v) is 3.10. The van der Waals surface area contributed by atoms with Gasteiger partial charge in [0.15, 0.2) is 0 Å². The molecule has 0 saturated carbocycles. The van der Waals surface area contributed by atoms with E-state index in [-0.39, 0.29) is 5.82 Å². The maximum Gasteiger partial charge on any atom is 0.134 e. The standard InChI is InChI=1S/C11H8ClFIN3/c12-10-4-7(15)5-11(17-10)16-9-2-1-6(13)3-8(9)14/h1-5H,(H3,15,16,17). The Kier molecular flexibility index (Phi) is 3.68. The van der Waals surface area contributed by atoms with Gasteiger partial charge in [-0.15, -0.1) is 0 Å². The van der Waals surface area contributed by atoms with Gasteiger partial charge < -0.3 is 11.1 Å². The van der Waals surface area contributed by atoms with Crippen LogP contribution in [0.15, 0.2) is 30.3 Å². The highest BCUT2D eigenvalue weighted by atomic mass is 127. The molecule has 1 heterocycles. The lowest BCUT2D eigenvalue weighted by atomic mass is 10.3. The van der Waals surface area contributed by atoms with Crippen LogP contribution in [0.5, 0.6) is 0 Å². The number of nitrogens with two attached hydrogens (primary N) is 1. The number of anilines is 3. The first-order valence-electron chi connectivity index (χ1n) is 4.70. The molecular weight excluding hydrogens is 355 g/mol. The Balaban J connectivity index is 2.31. The minimum absolute atomic E-state index is 0.279. The van der Waals surface area contributed by atoms with Crippen molar-refractivity contribution in [2.75, 3.05) is 11.1 Å². The van der Waals surface area contributed by atoms with Gasteiger partial charge in [0.25, 0.3) is 0 Å². The monoisotopic (exact) mass is 363 g/mol. The topological polar surface area (TPSA) is 50.9 Å². The van der Waals surface area contributed by atoms with Crippen molar-refractivity contribution in [2.24, 2.45) is 0 Å². The minimum Gasteiger partial charge on any atom is -0.399 e. The van der Waals surface area contributed by atoms with E-state index in [1.54, 1.807) is 18.2 Å². The van der Waals surface area contributed by atoms with Crippen molar-refractivity contribution in [1.29, 1.82) is 0 Å². The smallest absolute Gasteiger partial charge is 0.134 e. The Bertz CT molecular complexity index is 542. The van der Waals surface area contributed by atoms with E-state index < -0.39 is 0 Å². The Morgan fingerprint density at radius 3 is 2.71 bits per heavy atom. The molecule has 0 aliphatic rings. The summed E-state index contributed by atoms with van der Waals surface area (Å²) < 4.78 is 13.7. The van der Waals surface area contributed by atoms with E-state index in [9.17, 15) is 4.39 Å². The van der Waals surface area contributed by atoms with Crippen LogP contribution in [0.2, 0.25) is 5.15 Å². The molecule has 0 aliphatic heterocycles. The highest BCUT2D eigenvalue weighted by Crippen LogP contribution is 2.24. The van der Waals surface area contributed by atoms with Gasteiger partial charge in [-0.05, 0) is 46.9 Å². The van der Waals surface area contributed by atoms with Crippen LogP contribution in [-0.2, 0) is 0 Å². The minimum atomic E-state index is -0.279. The van der Waals surface area contributed by atoms with E-state index in [0.717, 1.165) is 9.26 Å². The Morgan fingerprint density at radius 2 is 2.06 bits per heavy atom. The lowest BCUT2D eigenvalue weighted by Gasteiger charge is -2.08.